The molecule has 0 spiro atoms. The first-order valence-electron chi connectivity index (χ1n) is 6.11. The summed E-state index contributed by atoms with van der Waals surface area (Å²) in [4.78, 5) is 6.20. The van der Waals surface area contributed by atoms with Gasteiger partial charge in [-0.15, -0.1) is 50.9 Å². The summed E-state index contributed by atoms with van der Waals surface area (Å²) in [7, 11) is 4.10. The second-order valence-corrected chi connectivity index (χ2v) is 4.53. The summed E-state index contributed by atoms with van der Waals surface area (Å²) in [6, 6.07) is 12.6. The summed E-state index contributed by atoms with van der Waals surface area (Å²) in [5.74, 6) is 0. The van der Waals surface area contributed by atoms with Gasteiger partial charge in [0, 0.05) is 45.3 Å². The van der Waals surface area contributed by atoms with Crippen molar-refractivity contribution >= 4 is 56.6 Å². The van der Waals surface area contributed by atoms with Gasteiger partial charge >= 0.3 is 0 Å². The molecule has 1 heterocycles. The van der Waals surface area contributed by atoms with E-state index in [4.69, 9.17) is 0 Å². The zero-order valence-electron chi connectivity index (χ0n) is 12.2. The summed E-state index contributed by atoms with van der Waals surface area (Å²) >= 11 is 0. The van der Waals surface area contributed by atoms with Crippen molar-refractivity contribution in [1.29, 1.82) is 0 Å². The first kappa shape index (κ1) is 22.8. The standard InChI is InChI=1S/C15H19N3.3BrH/c1-18(2)15-7-5-13(6-8-15)10-17-12-14-4-3-9-16-11-14;;;/h3-9,11,17H,10,12H2,1-2H3;3*1H. The van der Waals surface area contributed by atoms with E-state index in [0.717, 1.165) is 13.1 Å². The molecule has 2 rings (SSSR count). The van der Waals surface area contributed by atoms with Crippen molar-refractivity contribution in [3.8, 4) is 0 Å². The number of hydrogen-bond donors (Lipinski definition) is 1. The van der Waals surface area contributed by atoms with E-state index in [1.165, 1.54) is 16.8 Å². The number of rotatable bonds is 5. The van der Waals surface area contributed by atoms with Crippen LogP contribution in [0.3, 0.4) is 0 Å². The minimum Gasteiger partial charge on any atom is -0.378 e. The lowest BCUT2D eigenvalue weighted by atomic mass is 10.2. The Morgan fingerprint density at radius 1 is 0.905 bits per heavy atom. The second kappa shape index (κ2) is 12.1. The second-order valence-electron chi connectivity index (χ2n) is 4.53. The lowest BCUT2D eigenvalue weighted by Gasteiger charge is -2.12. The Kier molecular flexibility index (Phi) is 13.2. The zero-order valence-corrected chi connectivity index (χ0v) is 17.3. The number of nitrogens with zero attached hydrogens (tertiary/aromatic N) is 2. The Morgan fingerprint density at radius 3 is 2.05 bits per heavy atom. The minimum atomic E-state index is 0. The molecule has 0 saturated heterocycles. The topological polar surface area (TPSA) is 28.2 Å². The molecule has 0 atom stereocenters. The van der Waals surface area contributed by atoms with Crippen LogP contribution in [0.2, 0.25) is 0 Å². The van der Waals surface area contributed by atoms with Gasteiger partial charge in [-0.05, 0) is 29.3 Å². The SMILES string of the molecule is Br.Br.Br.CN(C)c1ccc(CNCc2cccnc2)cc1. The van der Waals surface area contributed by atoms with Gasteiger partial charge < -0.3 is 10.2 Å². The van der Waals surface area contributed by atoms with Gasteiger partial charge in [0.1, 0.15) is 0 Å². The summed E-state index contributed by atoms with van der Waals surface area (Å²) in [6.45, 7) is 1.73. The molecule has 0 bridgehead atoms. The lowest BCUT2D eigenvalue weighted by molar-refractivity contribution is 0.691. The number of aromatic nitrogens is 1. The third-order valence-corrected chi connectivity index (χ3v) is 2.83. The van der Waals surface area contributed by atoms with Crippen LogP contribution in [0.5, 0.6) is 0 Å². The Bertz CT molecular complexity index is 475. The molecule has 2 aromatic rings. The molecule has 0 unspecified atom stereocenters. The van der Waals surface area contributed by atoms with Crippen LogP contribution >= 0.6 is 50.9 Å². The van der Waals surface area contributed by atoms with Crippen LogP contribution in [0.25, 0.3) is 0 Å². The number of benzene rings is 1. The minimum absolute atomic E-state index is 0. The average Bonchev–Trinajstić information content (AvgIpc) is 2.40. The highest BCUT2D eigenvalue weighted by Gasteiger charge is 1.96. The molecule has 0 radical (unpaired) electrons. The van der Waals surface area contributed by atoms with Gasteiger partial charge in [-0.3, -0.25) is 4.98 Å². The van der Waals surface area contributed by atoms with Crippen molar-refractivity contribution in [3.63, 3.8) is 0 Å². The van der Waals surface area contributed by atoms with Crippen LogP contribution in [0.1, 0.15) is 11.1 Å². The third kappa shape index (κ3) is 7.95. The maximum absolute atomic E-state index is 4.10. The highest BCUT2D eigenvalue weighted by Crippen LogP contribution is 2.12. The van der Waals surface area contributed by atoms with Gasteiger partial charge in [0.05, 0.1) is 0 Å². The Labute approximate surface area is 158 Å². The van der Waals surface area contributed by atoms with E-state index in [1.54, 1.807) is 6.20 Å². The van der Waals surface area contributed by atoms with Gasteiger partial charge in [-0.25, -0.2) is 0 Å². The number of pyridine rings is 1. The molecule has 0 amide bonds. The number of nitrogens with one attached hydrogen (secondary N) is 1. The maximum atomic E-state index is 4.10. The summed E-state index contributed by atoms with van der Waals surface area (Å²) in [5, 5.41) is 3.41. The highest BCUT2D eigenvalue weighted by molar-refractivity contribution is 8.93. The predicted octanol–water partition coefficient (Wildman–Crippen LogP) is 4.17. The molecule has 1 aromatic heterocycles. The van der Waals surface area contributed by atoms with Crippen molar-refractivity contribution in [2.24, 2.45) is 0 Å². The number of anilines is 1. The van der Waals surface area contributed by atoms with E-state index in [-0.39, 0.29) is 50.9 Å². The molecule has 0 fully saturated rings. The molecule has 0 saturated carbocycles. The number of halogens is 3. The van der Waals surface area contributed by atoms with E-state index in [0.29, 0.717) is 0 Å². The Balaban J connectivity index is 0. The van der Waals surface area contributed by atoms with Gasteiger partial charge in [0.2, 0.25) is 0 Å². The molecular formula is C15H22Br3N3. The van der Waals surface area contributed by atoms with Gasteiger partial charge in [0.25, 0.3) is 0 Å². The Morgan fingerprint density at radius 2 is 1.52 bits per heavy atom. The normalized spacial score (nSPS) is 8.86. The van der Waals surface area contributed by atoms with E-state index < -0.39 is 0 Å². The van der Waals surface area contributed by atoms with Crippen molar-refractivity contribution < 1.29 is 0 Å². The summed E-state index contributed by atoms with van der Waals surface area (Å²) in [5.41, 5.74) is 3.73. The average molecular weight is 484 g/mol. The van der Waals surface area contributed by atoms with Crippen molar-refractivity contribution in [3.05, 3.63) is 59.9 Å². The molecule has 3 nitrogen and oxygen atoms in total. The molecule has 1 aromatic carbocycles. The van der Waals surface area contributed by atoms with E-state index in [2.05, 4.69) is 59.6 Å². The van der Waals surface area contributed by atoms with E-state index in [1.807, 2.05) is 12.3 Å². The lowest BCUT2D eigenvalue weighted by Crippen LogP contribution is -2.13. The fraction of sp³-hybridized carbons (Fsp3) is 0.267. The molecule has 118 valence electrons. The Hall–Kier alpha value is -0.430. The first-order valence-corrected chi connectivity index (χ1v) is 6.11. The van der Waals surface area contributed by atoms with Crippen molar-refractivity contribution in [1.82, 2.24) is 10.3 Å². The highest BCUT2D eigenvalue weighted by atomic mass is 79.9. The monoisotopic (exact) mass is 481 g/mol. The summed E-state index contributed by atoms with van der Waals surface area (Å²) in [6.07, 6.45) is 3.69. The summed E-state index contributed by atoms with van der Waals surface area (Å²) < 4.78 is 0. The number of hydrogen-bond acceptors (Lipinski definition) is 3. The van der Waals surface area contributed by atoms with Crippen molar-refractivity contribution in [2.45, 2.75) is 13.1 Å². The van der Waals surface area contributed by atoms with Crippen LogP contribution in [-0.2, 0) is 13.1 Å². The quantitative estimate of drug-likeness (QED) is 0.691. The molecule has 0 aliphatic rings. The molecular weight excluding hydrogens is 462 g/mol. The van der Waals surface area contributed by atoms with E-state index in [9.17, 15) is 0 Å². The molecule has 0 aliphatic carbocycles. The van der Waals surface area contributed by atoms with Crippen molar-refractivity contribution in [2.75, 3.05) is 19.0 Å². The van der Waals surface area contributed by atoms with Gasteiger partial charge in [0.15, 0.2) is 0 Å². The molecule has 0 aliphatic heterocycles. The smallest absolute Gasteiger partial charge is 0.0361 e. The fourth-order valence-corrected chi connectivity index (χ4v) is 1.77. The zero-order chi connectivity index (χ0) is 12.8. The molecule has 21 heavy (non-hydrogen) atoms. The van der Waals surface area contributed by atoms with Crippen LogP contribution in [0.4, 0.5) is 5.69 Å². The van der Waals surface area contributed by atoms with Gasteiger partial charge in [-0.1, -0.05) is 18.2 Å². The van der Waals surface area contributed by atoms with Gasteiger partial charge in [-0.2, -0.15) is 0 Å². The largest absolute Gasteiger partial charge is 0.378 e. The van der Waals surface area contributed by atoms with Crippen LogP contribution < -0.4 is 10.2 Å². The predicted molar refractivity (Wildman–Crippen MR) is 107 cm³/mol. The molecule has 6 heteroatoms. The fourth-order valence-electron chi connectivity index (χ4n) is 1.77. The van der Waals surface area contributed by atoms with Crippen LogP contribution in [-0.4, -0.2) is 19.1 Å². The molecule has 1 N–H and O–H groups in total. The third-order valence-electron chi connectivity index (χ3n) is 2.83. The maximum Gasteiger partial charge on any atom is 0.0361 e. The van der Waals surface area contributed by atoms with Crippen LogP contribution in [0.15, 0.2) is 48.8 Å². The van der Waals surface area contributed by atoms with E-state index >= 15 is 0 Å². The first-order chi connectivity index (χ1) is 8.75. The van der Waals surface area contributed by atoms with Crippen LogP contribution in [0, 0.1) is 0 Å².